The van der Waals surface area contributed by atoms with Gasteiger partial charge < -0.3 is 14.2 Å². The molecule has 1 aromatic carbocycles. The van der Waals surface area contributed by atoms with Gasteiger partial charge in [0.25, 0.3) is 0 Å². The van der Waals surface area contributed by atoms with E-state index in [1.807, 2.05) is 41.5 Å². The highest BCUT2D eigenvalue weighted by molar-refractivity contribution is 5.96. The molecule has 0 saturated carbocycles. The summed E-state index contributed by atoms with van der Waals surface area (Å²) in [5.41, 5.74) is 4.38. The monoisotopic (exact) mass is 340 g/mol. The SMILES string of the molecule is CCOC(=O)c1cc(C)n(CC(=O)N2c3ccccc3CC2C)c1C. The minimum atomic E-state index is -0.339. The van der Waals surface area contributed by atoms with E-state index >= 15 is 0 Å². The van der Waals surface area contributed by atoms with Crippen LogP contribution in [0.2, 0.25) is 0 Å². The number of amides is 1. The molecule has 5 nitrogen and oxygen atoms in total. The Morgan fingerprint density at radius 3 is 2.68 bits per heavy atom. The number of aryl methyl sites for hydroxylation is 1. The molecule has 0 aliphatic carbocycles. The Balaban J connectivity index is 1.86. The molecule has 3 rings (SSSR count). The highest BCUT2D eigenvalue weighted by Crippen LogP contribution is 2.32. The van der Waals surface area contributed by atoms with E-state index in [1.54, 1.807) is 13.0 Å². The average Bonchev–Trinajstić information content (AvgIpc) is 3.05. The van der Waals surface area contributed by atoms with Gasteiger partial charge in [-0.25, -0.2) is 4.79 Å². The third kappa shape index (κ3) is 3.06. The molecular formula is C20H24N2O3. The van der Waals surface area contributed by atoms with Crippen molar-refractivity contribution in [2.45, 2.75) is 46.7 Å². The minimum Gasteiger partial charge on any atom is -0.462 e. The lowest BCUT2D eigenvalue weighted by atomic mass is 10.1. The molecule has 1 aromatic heterocycles. The molecule has 132 valence electrons. The summed E-state index contributed by atoms with van der Waals surface area (Å²) in [5, 5.41) is 0. The van der Waals surface area contributed by atoms with Crippen LogP contribution in [0.5, 0.6) is 0 Å². The van der Waals surface area contributed by atoms with Crippen LogP contribution in [-0.4, -0.2) is 29.1 Å². The van der Waals surface area contributed by atoms with E-state index in [4.69, 9.17) is 4.74 Å². The summed E-state index contributed by atoms with van der Waals surface area (Å²) in [4.78, 5) is 26.9. The number of aromatic nitrogens is 1. The maximum absolute atomic E-state index is 13.0. The van der Waals surface area contributed by atoms with E-state index in [0.717, 1.165) is 23.5 Å². The molecule has 2 heterocycles. The maximum atomic E-state index is 13.0. The summed E-state index contributed by atoms with van der Waals surface area (Å²) >= 11 is 0. The van der Waals surface area contributed by atoms with Gasteiger partial charge in [0, 0.05) is 23.1 Å². The Hall–Kier alpha value is -2.56. The van der Waals surface area contributed by atoms with E-state index < -0.39 is 0 Å². The molecule has 1 unspecified atom stereocenters. The molecule has 0 bridgehead atoms. The minimum absolute atomic E-state index is 0.0367. The van der Waals surface area contributed by atoms with Gasteiger partial charge in [-0.3, -0.25) is 4.79 Å². The van der Waals surface area contributed by atoms with Crippen molar-refractivity contribution in [3.05, 3.63) is 52.8 Å². The smallest absolute Gasteiger partial charge is 0.339 e. The molecule has 1 aliphatic heterocycles. The topological polar surface area (TPSA) is 51.5 Å². The quantitative estimate of drug-likeness (QED) is 0.803. The van der Waals surface area contributed by atoms with Gasteiger partial charge in [0.05, 0.1) is 12.2 Å². The lowest BCUT2D eigenvalue weighted by Gasteiger charge is -2.24. The molecule has 0 spiro atoms. The Morgan fingerprint density at radius 2 is 1.96 bits per heavy atom. The van der Waals surface area contributed by atoms with Gasteiger partial charge in [0.2, 0.25) is 5.91 Å². The molecule has 0 saturated heterocycles. The summed E-state index contributed by atoms with van der Waals surface area (Å²) < 4.78 is 6.99. The number of hydrogen-bond donors (Lipinski definition) is 0. The first kappa shape index (κ1) is 17.3. The van der Waals surface area contributed by atoms with Gasteiger partial charge in [0.1, 0.15) is 6.54 Å². The number of carbonyl (C=O) groups excluding carboxylic acids is 2. The van der Waals surface area contributed by atoms with Crippen LogP contribution in [0, 0.1) is 13.8 Å². The first-order valence-corrected chi connectivity index (χ1v) is 8.67. The van der Waals surface area contributed by atoms with Crippen molar-refractivity contribution < 1.29 is 14.3 Å². The predicted octanol–water partition coefficient (Wildman–Crippen LogP) is 3.26. The van der Waals surface area contributed by atoms with Crippen molar-refractivity contribution >= 4 is 17.6 Å². The summed E-state index contributed by atoms with van der Waals surface area (Å²) in [6.45, 7) is 8.17. The normalized spacial score (nSPS) is 16.0. The van der Waals surface area contributed by atoms with Crippen LogP contribution in [0.1, 0.15) is 41.2 Å². The maximum Gasteiger partial charge on any atom is 0.339 e. The average molecular weight is 340 g/mol. The van der Waals surface area contributed by atoms with Crippen molar-refractivity contribution in [3.63, 3.8) is 0 Å². The van der Waals surface area contributed by atoms with Crippen molar-refractivity contribution in [3.8, 4) is 0 Å². The second-order valence-electron chi connectivity index (χ2n) is 6.54. The zero-order valence-corrected chi connectivity index (χ0v) is 15.2. The fourth-order valence-corrected chi connectivity index (χ4v) is 3.62. The van der Waals surface area contributed by atoms with Crippen molar-refractivity contribution in [2.75, 3.05) is 11.5 Å². The number of benzene rings is 1. The molecule has 0 fully saturated rings. The number of para-hydroxylation sites is 1. The summed E-state index contributed by atoms with van der Waals surface area (Å²) in [7, 11) is 0. The molecule has 1 aliphatic rings. The van der Waals surface area contributed by atoms with Crippen molar-refractivity contribution in [1.82, 2.24) is 4.57 Å². The fourth-order valence-electron chi connectivity index (χ4n) is 3.62. The van der Waals surface area contributed by atoms with Gasteiger partial charge in [-0.2, -0.15) is 0 Å². The number of hydrogen-bond acceptors (Lipinski definition) is 3. The Labute approximate surface area is 148 Å². The van der Waals surface area contributed by atoms with Gasteiger partial charge in [0.15, 0.2) is 0 Å². The second-order valence-corrected chi connectivity index (χ2v) is 6.54. The molecule has 5 heteroatoms. The number of rotatable bonds is 4. The van der Waals surface area contributed by atoms with Gasteiger partial charge in [-0.15, -0.1) is 0 Å². The first-order chi connectivity index (χ1) is 11.9. The Morgan fingerprint density at radius 1 is 1.24 bits per heavy atom. The molecule has 0 N–H and O–H groups in total. The summed E-state index contributed by atoms with van der Waals surface area (Å²) in [6, 6.07) is 9.97. The molecular weight excluding hydrogens is 316 g/mol. The zero-order chi connectivity index (χ0) is 18.1. The van der Waals surface area contributed by atoms with Crippen LogP contribution in [-0.2, 0) is 22.5 Å². The largest absolute Gasteiger partial charge is 0.462 e. The standard InChI is InChI=1S/C20H24N2O3/c1-5-25-20(24)17-11-13(2)21(15(17)4)12-19(23)22-14(3)10-16-8-6-7-9-18(16)22/h6-9,11,14H,5,10,12H2,1-4H3. The fraction of sp³-hybridized carbons (Fsp3) is 0.400. The number of esters is 1. The Kier molecular flexibility index (Phi) is 4.66. The number of anilines is 1. The second kappa shape index (κ2) is 6.75. The molecule has 25 heavy (non-hydrogen) atoms. The zero-order valence-electron chi connectivity index (χ0n) is 15.2. The van der Waals surface area contributed by atoms with Crippen molar-refractivity contribution in [1.29, 1.82) is 0 Å². The first-order valence-electron chi connectivity index (χ1n) is 8.67. The third-order valence-electron chi connectivity index (χ3n) is 4.84. The van der Waals surface area contributed by atoms with Crippen LogP contribution >= 0.6 is 0 Å². The van der Waals surface area contributed by atoms with Crippen LogP contribution in [0.4, 0.5) is 5.69 Å². The van der Waals surface area contributed by atoms with Crippen LogP contribution < -0.4 is 4.90 Å². The van der Waals surface area contributed by atoms with E-state index in [-0.39, 0.29) is 24.5 Å². The molecule has 2 aromatic rings. The Bertz CT molecular complexity index is 822. The predicted molar refractivity (Wildman–Crippen MR) is 97.0 cm³/mol. The lowest BCUT2D eigenvalue weighted by Crippen LogP contribution is -2.38. The highest BCUT2D eigenvalue weighted by Gasteiger charge is 2.31. The van der Waals surface area contributed by atoms with E-state index in [1.165, 1.54) is 5.56 Å². The molecule has 0 radical (unpaired) electrons. The van der Waals surface area contributed by atoms with E-state index in [0.29, 0.717) is 12.2 Å². The van der Waals surface area contributed by atoms with Gasteiger partial charge in [-0.05, 0) is 51.8 Å². The molecule has 1 amide bonds. The van der Waals surface area contributed by atoms with Crippen molar-refractivity contribution in [2.24, 2.45) is 0 Å². The number of nitrogens with zero attached hydrogens (tertiary/aromatic N) is 2. The lowest BCUT2D eigenvalue weighted by molar-refractivity contribution is -0.119. The number of fused-ring (bicyclic) bond motifs is 1. The van der Waals surface area contributed by atoms with Gasteiger partial charge >= 0.3 is 5.97 Å². The van der Waals surface area contributed by atoms with Crippen LogP contribution in [0.25, 0.3) is 0 Å². The summed E-state index contributed by atoms with van der Waals surface area (Å²) in [6.07, 6.45) is 0.875. The summed E-state index contributed by atoms with van der Waals surface area (Å²) in [5.74, 6) is -0.302. The highest BCUT2D eigenvalue weighted by atomic mass is 16.5. The van der Waals surface area contributed by atoms with E-state index in [9.17, 15) is 9.59 Å². The van der Waals surface area contributed by atoms with Crippen LogP contribution in [0.15, 0.2) is 30.3 Å². The third-order valence-corrected chi connectivity index (χ3v) is 4.84. The number of carbonyl (C=O) groups is 2. The van der Waals surface area contributed by atoms with Crippen LogP contribution in [0.3, 0.4) is 0 Å². The van der Waals surface area contributed by atoms with Gasteiger partial charge in [-0.1, -0.05) is 18.2 Å². The number of ether oxygens (including phenoxy) is 1. The van der Waals surface area contributed by atoms with E-state index in [2.05, 4.69) is 13.0 Å². The molecule has 1 atom stereocenters.